The maximum Gasteiger partial charge on any atom is 0.134 e. The molecule has 1 unspecified atom stereocenters. The Hall–Kier alpha value is -1.28. The zero-order chi connectivity index (χ0) is 14.9. The van der Waals surface area contributed by atoms with Gasteiger partial charge in [-0.25, -0.2) is 0 Å². The lowest BCUT2D eigenvalue weighted by molar-refractivity contribution is 0.448. The summed E-state index contributed by atoms with van der Waals surface area (Å²) in [6.07, 6.45) is 1.14. The molecule has 0 aliphatic carbocycles. The fourth-order valence-electron chi connectivity index (χ4n) is 2.57. The van der Waals surface area contributed by atoms with Crippen LogP contribution in [-0.2, 0) is 5.41 Å². The third-order valence-electron chi connectivity index (χ3n) is 3.93. The van der Waals surface area contributed by atoms with Crippen LogP contribution in [0.5, 0.6) is 0 Å². The van der Waals surface area contributed by atoms with Crippen LogP contribution in [0.4, 0.5) is 0 Å². The molecule has 1 atom stereocenters. The summed E-state index contributed by atoms with van der Waals surface area (Å²) in [4.78, 5) is 0. The molecule has 2 heteroatoms. The SMILES string of the molecule is CCCNC(C)c1oc2ccc(C(C)(C)C)cc2c1C. The van der Waals surface area contributed by atoms with Gasteiger partial charge in [0.05, 0.1) is 6.04 Å². The van der Waals surface area contributed by atoms with Gasteiger partial charge in [0.2, 0.25) is 0 Å². The van der Waals surface area contributed by atoms with E-state index in [1.807, 2.05) is 0 Å². The Morgan fingerprint density at radius 3 is 2.55 bits per heavy atom. The Morgan fingerprint density at radius 1 is 1.25 bits per heavy atom. The minimum atomic E-state index is 0.171. The van der Waals surface area contributed by atoms with Gasteiger partial charge in [-0.2, -0.15) is 0 Å². The van der Waals surface area contributed by atoms with Crippen molar-refractivity contribution in [1.29, 1.82) is 0 Å². The van der Waals surface area contributed by atoms with E-state index < -0.39 is 0 Å². The molecule has 0 spiro atoms. The predicted octanol–water partition coefficient (Wildman–Crippen LogP) is 5.10. The van der Waals surface area contributed by atoms with Gasteiger partial charge in [0.15, 0.2) is 0 Å². The third-order valence-corrected chi connectivity index (χ3v) is 3.93. The highest BCUT2D eigenvalue weighted by molar-refractivity contribution is 5.83. The van der Waals surface area contributed by atoms with Crippen LogP contribution >= 0.6 is 0 Å². The summed E-state index contributed by atoms with van der Waals surface area (Å²) in [6, 6.07) is 6.84. The summed E-state index contributed by atoms with van der Waals surface area (Å²) in [7, 11) is 0. The monoisotopic (exact) mass is 273 g/mol. The maximum atomic E-state index is 6.06. The van der Waals surface area contributed by atoms with Crippen LogP contribution in [0.25, 0.3) is 11.0 Å². The average Bonchev–Trinajstić information content (AvgIpc) is 2.72. The summed E-state index contributed by atoms with van der Waals surface area (Å²) >= 11 is 0. The molecule has 0 aliphatic heterocycles. The molecule has 2 nitrogen and oxygen atoms in total. The molecular formula is C18H27NO. The molecule has 2 aromatic rings. The second-order valence-corrected chi connectivity index (χ2v) is 6.73. The molecule has 0 saturated carbocycles. The lowest BCUT2D eigenvalue weighted by Gasteiger charge is -2.18. The first-order valence-electron chi connectivity index (χ1n) is 7.61. The van der Waals surface area contributed by atoms with E-state index in [0.717, 1.165) is 24.3 Å². The molecule has 1 N–H and O–H groups in total. The molecule has 0 fully saturated rings. The molecule has 0 radical (unpaired) electrons. The Labute approximate surface area is 122 Å². The van der Waals surface area contributed by atoms with E-state index in [9.17, 15) is 0 Å². The topological polar surface area (TPSA) is 25.2 Å². The zero-order valence-corrected chi connectivity index (χ0v) is 13.6. The van der Waals surface area contributed by atoms with Crippen molar-refractivity contribution in [2.24, 2.45) is 0 Å². The van der Waals surface area contributed by atoms with Crippen LogP contribution < -0.4 is 5.32 Å². The minimum Gasteiger partial charge on any atom is -0.459 e. The van der Waals surface area contributed by atoms with Gasteiger partial charge in [0.25, 0.3) is 0 Å². The molecular weight excluding hydrogens is 246 g/mol. The smallest absolute Gasteiger partial charge is 0.134 e. The summed E-state index contributed by atoms with van der Waals surface area (Å²) in [5.74, 6) is 1.07. The summed E-state index contributed by atoms with van der Waals surface area (Å²) in [6.45, 7) is 14.3. The highest BCUT2D eigenvalue weighted by Crippen LogP contribution is 2.33. The van der Waals surface area contributed by atoms with Crippen molar-refractivity contribution in [3.05, 3.63) is 35.1 Å². The molecule has 20 heavy (non-hydrogen) atoms. The molecule has 0 bridgehead atoms. The fourth-order valence-corrected chi connectivity index (χ4v) is 2.57. The van der Waals surface area contributed by atoms with Gasteiger partial charge in [-0.1, -0.05) is 33.8 Å². The minimum absolute atomic E-state index is 0.171. The van der Waals surface area contributed by atoms with Gasteiger partial charge >= 0.3 is 0 Å². The molecule has 1 heterocycles. The third kappa shape index (κ3) is 2.90. The van der Waals surface area contributed by atoms with Crippen molar-refractivity contribution in [2.45, 2.75) is 59.4 Å². The maximum absolute atomic E-state index is 6.06. The zero-order valence-electron chi connectivity index (χ0n) is 13.6. The van der Waals surface area contributed by atoms with Crippen molar-refractivity contribution in [1.82, 2.24) is 5.32 Å². The van der Waals surface area contributed by atoms with E-state index in [2.05, 4.69) is 65.1 Å². The van der Waals surface area contributed by atoms with Gasteiger partial charge < -0.3 is 9.73 Å². The summed E-state index contributed by atoms with van der Waals surface area (Å²) in [5.41, 5.74) is 3.79. The van der Waals surface area contributed by atoms with Gasteiger partial charge in [-0.15, -0.1) is 0 Å². The van der Waals surface area contributed by atoms with Crippen molar-refractivity contribution in [3.8, 4) is 0 Å². The van der Waals surface area contributed by atoms with E-state index in [-0.39, 0.29) is 11.5 Å². The number of nitrogens with one attached hydrogen (secondary N) is 1. The second-order valence-electron chi connectivity index (χ2n) is 6.73. The van der Waals surface area contributed by atoms with Crippen molar-refractivity contribution >= 4 is 11.0 Å². The van der Waals surface area contributed by atoms with Gasteiger partial charge in [-0.3, -0.25) is 0 Å². The Balaban J connectivity index is 2.43. The van der Waals surface area contributed by atoms with E-state index >= 15 is 0 Å². The van der Waals surface area contributed by atoms with Gasteiger partial charge in [-0.05, 0) is 55.5 Å². The quantitative estimate of drug-likeness (QED) is 0.838. The number of benzene rings is 1. The van der Waals surface area contributed by atoms with Crippen molar-refractivity contribution < 1.29 is 4.42 Å². The van der Waals surface area contributed by atoms with E-state index in [4.69, 9.17) is 4.42 Å². The molecule has 2 rings (SSSR count). The first kappa shape index (κ1) is 15.1. The van der Waals surface area contributed by atoms with Crippen LogP contribution in [0, 0.1) is 6.92 Å². The molecule has 0 amide bonds. The fraction of sp³-hybridized carbons (Fsp3) is 0.556. The van der Waals surface area contributed by atoms with Crippen LogP contribution in [0.3, 0.4) is 0 Å². The van der Waals surface area contributed by atoms with Crippen LogP contribution in [0.1, 0.15) is 64.0 Å². The van der Waals surface area contributed by atoms with Gasteiger partial charge in [0, 0.05) is 5.39 Å². The van der Waals surface area contributed by atoms with Crippen molar-refractivity contribution in [3.63, 3.8) is 0 Å². The highest BCUT2D eigenvalue weighted by Gasteiger charge is 2.19. The average molecular weight is 273 g/mol. The number of hydrogen-bond acceptors (Lipinski definition) is 2. The lowest BCUT2D eigenvalue weighted by Crippen LogP contribution is -2.19. The standard InChI is InChI=1S/C18H27NO/c1-7-10-19-13(3)17-12(2)15-11-14(18(4,5)6)8-9-16(15)20-17/h8-9,11,13,19H,7,10H2,1-6H3. The van der Waals surface area contributed by atoms with E-state index in [1.165, 1.54) is 16.5 Å². The van der Waals surface area contributed by atoms with Crippen LogP contribution in [-0.4, -0.2) is 6.54 Å². The Kier molecular flexibility index (Phi) is 4.24. The lowest BCUT2D eigenvalue weighted by atomic mass is 9.86. The molecule has 1 aromatic carbocycles. The number of hydrogen-bond donors (Lipinski definition) is 1. The molecule has 110 valence electrons. The van der Waals surface area contributed by atoms with Gasteiger partial charge in [0.1, 0.15) is 11.3 Å². The summed E-state index contributed by atoms with van der Waals surface area (Å²) < 4.78 is 6.06. The second kappa shape index (κ2) is 5.61. The largest absolute Gasteiger partial charge is 0.459 e. The van der Waals surface area contributed by atoms with E-state index in [1.54, 1.807) is 0 Å². The molecule has 0 aliphatic rings. The van der Waals surface area contributed by atoms with E-state index in [0.29, 0.717) is 0 Å². The van der Waals surface area contributed by atoms with Crippen LogP contribution in [0.15, 0.2) is 22.6 Å². The molecule has 0 saturated heterocycles. The number of aryl methyl sites for hydroxylation is 1. The highest BCUT2D eigenvalue weighted by atomic mass is 16.3. The molecule has 1 aromatic heterocycles. The summed E-state index contributed by atoms with van der Waals surface area (Å²) in [5, 5.41) is 4.75. The number of fused-ring (bicyclic) bond motifs is 1. The van der Waals surface area contributed by atoms with Crippen LogP contribution in [0.2, 0.25) is 0 Å². The van der Waals surface area contributed by atoms with Crippen molar-refractivity contribution in [2.75, 3.05) is 6.54 Å². The predicted molar refractivity (Wildman–Crippen MR) is 86.4 cm³/mol. The first-order chi connectivity index (χ1) is 9.34. The number of rotatable bonds is 4. The Bertz CT molecular complexity index is 589. The first-order valence-corrected chi connectivity index (χ1v) is 7.61. The normalized spacial score (nSPS) is 13.9. The Morgan fingerprint density at radius 2 is 1.95 bits per heavy atom. The number of furan rings is 1.